The third kappa shape index (κ3) is 2.58. The van der Waals surface area contributed by atoms with E-state index in [4.69, 9.17) is 0 Å². The lowest BCUT2D eigenvalue weighted by Gasteiger charge is -2.20. The Morgan fingerprint density at radius 1 is 0.769 bits per heavy atom. The first kappa shape index (κ1) is 16.7. The van der Waals surface area contributed by atoms with Gasteiger partial charge in [0, 0.05) is 34.5 Å². The fraction of sp³-hybridized carbons (Fsp3) is 0.0909. The zero-order valence-electron chi connectivity index (χ0n) is 14.2. The molecule has 0 saturated heterocycles. The van der Waals surface area contributed by atoms with Gasteiger partial charge in [-0.1, -0.05) is 48.5 Å². The molecule has 1 N–H and O–H groups in total. The van der Waals surface area contributed by atoms with E-state index in [0.717, 1.165) is 12.2 Å². The summed E-state index contributed by atoms with van der Waals surface area (Å²) in [6.07, 6.45) is 0. The van der Waals surface area contributed by atoms with Crippen LogP contribution in [0.5, 0.6) is 0 Å². The lowest BCUT2D eigenvalue weighted by atomic mass is 9.84. The van der Waals surface area contributed by atoms with Crippen LogP contribution in [0.3, 0.4) is 0 Å². The van der Waals surface area contributed by atoms with Crippen molar-refractivity contribution in [1.29, 1.82) is 0 Å². The van der Waals surface area contributed by atoms with Crippen molar-refractivity contribution >= 4 is 33.2 Å². The van der Waals surface area contributed by atoms with Crippen LogP contribution in [0.25, 0.3) is 11.1 Å². The standard InChI is InChI=1S/C16H12BrNO2.C6H4/c1-2-18-12-8-7-11-13(14(12)17)16(20)10-6-4-3-5-9(10)15(11)19;1-2-6-4-3-5(1)6/h3-8,18H,2H2,1H3;1-4H. The molecular formula is C22H16BrNO2. The molecule has 0 aromatic heterocycles. The van der Waals surface area contributed by atoms with Gasteiger partial charge in [0.25, 0.3) is 0 Å². The molecule has 0 saturated carbocycles. The molecule has 2 aromatic carbocycles. The van der Waals surface area contributed by atoms with Gasteiger partial charge in [0.1, 0.15) is 0 Å². The Hall–Kier alpha value is -2.72. The van der Waals surface area contributed by atoms with E-state index < -0.39 is 0 Å². The van der Waals surface area contributed by atoms with Gasteiger partial charge < -0.3 is 5.32 Å². The normalized spacial score (nSPS) is 12.5. The maximum atomic E-state index is 12.6. The smallest absolute Gasteiger partial charge is 0.195 e. The van der Waals surface area contributed by atoms with Crippen molar-refractivity contribution in [1.82, 2.24) is 0 Å². The Morgan fingerprint density at radius 3 is 1.85 bits per heavy atom. The van der Waals surface area contributed by atoms with E-state index in [1.165, 1.54) is 11.1 Å². The second-order valence-corrected chi connectivity index (χ2v) is 6.95. The molecule has 0 spiro atoms. The summed E-state index contributed by atoms with van der Waals surface area (Å²) in [5.74, 6) is -0.208. The number of rotatable bonds is 2. The van der Waals surface area contributed by atoms with Crippen molar-refractivity contribution < 1.29 is 9.59 Å². The van der Waals surface area contributed by atoms with E-state index in [9.17, 15) is 9.59 Å². The predicted molar refractivity (Wildman–Crippen MR) is 107 cm³/mol. The van der Waals surface area contributed by atoms with E-state index in [1.54, 1.807) is 30.3 Å². The number of carbonyl (C=O) groups excluding carboxylic acids is 2. The molecule has 0 aliphatic heterocycles. The average Bonchev–Trinajstić information content (AvgIpc) is 2.65. The monoisotopic (exact) mass is 405 g/mol. The van der Waals surface area contributed by atoms with Crippen molar-refractivity contribution in [3.8, 4) is 11.1 Å². The van der Waals surface area contributed by atoms with Gasteiger partial charge in [0.2, 0.25) is 0 Å². The highest BCUT2D eigenvalue weighted by Crippen LogP contribution is 2.36. The van der Waals surface area contributed by atoms with Crippen LogP contribution < -0.4 is 5.32 Å². The molecule has 2 aromatic rings. The fourth-order valence-electron chi connectivity index (χ4n) is 3.14. The van der Waals surface area contributed by atoms with Gasteiger partial charge in [0.15, 0.2) is 11.6 Å². The Kier molecular flexibility index (Phi) is 4.21. The van der Waals surface area contributed by atoms with Crippen LogP contribution in [-0.4, -0.2) is 18.1 Å². The lowest BCUT2D eigenvalue weighted by Crippen LogP contribution is -2.21. The summed E-state index contributed by atoms with van der Waals surface area (Å²) in [6, 6.07) is 19.0. The van der Waals surface area contributed by atoms with Crippen LogP contribution in [-0.2, 0) is 0 Å². The number of hydrogen-bond acceptors (Lipinski definition) is 3. The van der Waals surface area contributed by atoms with Gasteiger partial charge in [-0.05, 0) is 46.1 Å². The molecule has 0 atom stereocenters. The van der Waals surface area contributed by atoms with Crippen molar-refractivity contribution in [2.24, 2.45) is 0 Å². The summed E-state index contributed by atoms with van der Waals surface area (Å²) in [5, 5.41) is 3.17. The molecule has 128 valence electrons. The Labute approximate surface area is 160 Å². The number of nitrogens with one attached hydrogen (secondary N) is 1. The first-order valence-corrected chi connectivity index (χ1v) is 9.26. The largest absolute Gasteiger partial charge is 0.384 e. The SMILES string of the molecule is CCNc1ccc2c(c1Br)C(=O)c1ccccc1C2=O.c1cc2ccc1-2. The topological polar surface area (TPSA) is 46.2 Å². The predicted octanol–water partition coefficient (Wildman–Crippen LogP) is 5.32. The number of halogens is 1. The zero-order valence-corrected chi connectivity index (χ0v) is 15.8. The van der Waals surface area contributed by atoms with E-state index in [1.807, 2.05) is 13.0 Å². The van der Waals surface area contributed by atoms with Gasteiger partial charge >= 0.3 is 0 Å². The van der Waals surface area contributed by atoms with Crippen molar-refractivity contribution in [3.05, 3.63) is 87.4 Å². The molecule has 26 heavy (non-hydrogen) atoms. The lowest BCUT2D eigenvalue weighted by molar-refractivity contribution is 0.0978. The summed E-state index contributed by atoms with van der Waals surface area (Å²) in [4.78, 5) is 25.1. The number of benzene rings is 3. The fourth-order valence-corrected chi connectivity index (χ4v) is 3.80. The minimum absolute atomic E-state index is 0.0982. The van der Waals surface area contributed by atoms with Gasteiger partial charge in [-0.3, -0.25) is 9.59 Å². The molecule has 0 unspecified atom stereocenters. The zero-order chi connectivity index (χ0) is 18.3. The third-order valence-electron chi connectivity index (χ3n) is 4.62. The van der Waals surface area contributed by atoms with Crippen molar-refractivity contribution in [2.45, 2.75) is 6.92 Å². The number of anilines is 1. The quantitative estimate of drug-likeness (QED) is 0.432. The molecule has 5 rings (SSSR count). The van der Waals surface area contributed by atoms with E-state index >= 15 is 0 Å². The highest BCUT2D eigenvalue weighted by molar-refractivity contribution is 9.10. The average molecular weight is 406 g/mol. The number of carbonyl (C=O) groups is 2. The number of fused-ring (bicyclic) bond motifs is 3. The van der Waals surface area contributed by atoms with E-state index in [0.29, 0.717) is 26.7 Å². The van der Waals surface area contributed by atoms with Crippen molar-refractivity contribution in [2.75, 3.05) is 11.9 Å². The Morgan fingerprint density at radius 2 is 1.35 bits per heavy atom. The molecule has 3 nitrogen and oxygen atoms in total. The Balaban J connectivity index is 0.000000233. The van der Waals surface area contributed by atoms with Crippen LogP contribution in [0, 0.1) is 0 Å². The summed E-state index contributed by atoms with van der Waals surface area (Å²) in [5.41, 5.74) is 5.54. The van der Waals surface area contributed by atoms with Gasteiger partial charge in [0.05, 0.1) is 4.47 Å². The minimum Gasteiger partial charge on any atom is -0.384 e. The third-order valence-corrected chi connectivity index (χ3v) is 5.44. The van der Waals surface area contributed by atoms with Gasteiger partial charge in [-0.15, -0.1) is 0 Å². The molecule has 0 radical (unpaired) electrons. The summed E-state index contributed by atoms with van der Waals surface area (Å²) >= 11 is 3.45. The number of ketones is 2. The molecule has 0 fully saturated rings. The molecule has 4 heteroatoms. The molecule has 0 bridgehead atoms. The summed E-state index contributed by atoms with van der Waals surface area (Å²) in [7, 11) is 0. The first-order valence-electron chi connectivity index (χ1n) is 8.47. The maximum Gasteiger partial charge on any atom is 0.195 e. The Bertz CT molecular complexity index is 1020. The van der Waals surface area contributed by atoms with Crippen LogP contribution in [0.4, 0.5) is 5.69 Å². The maximum absolute atomic E-state index is 12.6. The van der Waals surface area contributed by atoms with Crippen LogP contribution in [0.2, 0.25) is 0 Å². The van der Waals surface area contributed by atoms with Gasteiger partial charge in [-0.25, -0.2) is 0 Å². The highest BCUT2D eigenvalue weighted by atomic mass is 79.9. The minimum atomic E-state index is -0.109. The van der Waals surface area contributed by atoms with Crippen LogP contribution in [0.1, 0.15) is 38.8 Å². The number of hydrogen-bond donors (Lipinski definition) is 1. The summed E-state index contributed by atoms with van der Waals surface area (Å²) in [6.45, 7) is 2.73. The highest BCUT2D eigenvalue weighted by Gasteiger charge is 2.31. The molecular weight excluding hydrogens is 390 g/mol. The van der Waals surface area contributed by atoms with E-state index in [2.05, 4.69) is 45.5 Å². The second-order valence-electron chi connectivity index (χ2n) is 6.16. The second kappa shape index (κ2) is 6.54. The first-order chi connectivity index (χ1) is 12.6. The molecule has 3 aliphatic carbocycles. The van der Waals surface area contributed by atoms with Crippen LogP contribution in [0.15, 0.2) is 65.1 Å². The van der Waals surface area contributed by atoms with E-state index in [-0.39, 0.29) is 11.6 Å². The van der Waals surface area contributed by atoms with Crippen molar-refractivity contribution in [3.63, 3.8) is 0 Å². The molecule has 0 amide bonds. The van der Waals surface area contributed by atoms with Crippen LogP contribution >= 0.6 is 15.9 Å². The summed E-state index contributed by atoms with van der Waals surface area (Å²) < 4.78 is 0.657. The molecule has 3 aliphatic rings. The molecule has 0 heterocycles. The van der Waals surface area contributed by atoms with Gasteiger partial charge in [-0.2, -0.15) is 0 Å².